The maximum Gasteiger partial charge on any atom is 0.251 e. The van der Waals surface area contributed by atoms with Gasteiger partial charge >= 0.3 is 0 Å². The number of carbonyl (C=O) groups excluding carboxylic acids is 1. The SMILES string of the molecule is CNC(=O)c1ccnc2c(C(CNc3cc(-c4ccc(OCC5CC5)nc4)ncn3)CSC)cccc12. The van der Waals surface area contributed by atoms with Gasteiger partial charge in [0.15, 0.2) is 0 Å². The molecule has 0 radical (unpaired) electrons. The van der Waals surface area contributed by atoms with Crippen LogP contribution in [0.5, 0.6) is 5.88 Å². The Morgan fingerprint density at radius 1 is 1.14 bits per heavy atom. The highest BCUT2D eigenvalue weighted by molar-refractivity contribution is 7.98. The van der Waals surface area contributed by atoms with E-state index in [2.05, 4.69) is 42.9 Å². The Kier molecular flexibility index (Phi) is 7.79. The number of anilines is 1. The van der Waals surface area contributed by atoms with Gasteiger partial charge in [0, 0.05) is 60.7 Å². The molecule has 0 saturated heterocycles. The molecule has 9 heteroatoms. The number of nitrogens with zero attached hydrogens (tertiary/aromatic N) is 4. The summed E-state index contributed by atoms with van der Waals surface area (Å²) in [5.41, 5.74) is 4.28. The van der Waals surface area contributed by atoms with Gasteiger partial charge in [-0.15, -0.1) is 0 Å². The van der Waals surface area contributed by atoms with Gasteiger partial charge in [0.05, 0.1) is 23.4 Å². The molecule has 4 aromatic rings. The normalized spacial score (nSPS) is 13.8. The van der Waals surface area contributed by atoms with Crippen molar-refractivity contribution in [3.05, 3.63) is 72.3 Å². The summed E-state index contributed by atoms with van der Waals surface area (Å²) in [6.45, 7) is 1.40. The van der Waals surface area contributed by atoms with E-state index in [4.69, 9.17) is 4.74 Å². The molecule has 1 atom stereocenters. The van der Waals surface area contributed by atoms with Crippen molar-refractivity contribution in [1.29, 1.82) is 0 Å². The van der Waals surface area contributed by atoms with Crippen molar-refractivity contribution < 1.29 is 9.53 Å². The molecule has 1 fully saturated rings. The van der Waals surface area contributed by atoms with Crippen molar-refractivity contribution >= 4 is 34.4 Å². The van der Waals surface area contributed by atoms with Gasteiger partial charge in [-0.05, 0) is 42.7 Å². The van der Waals surface area contributed by atoms with E-state index in [-0.39, 0.29) is 11.8 Å². The fourth-order valence-electron chi connectivity index (χ4n) is 4.27. The van der Waals surface area contributed by atoms with Gasteiger partial charge in [0.25, 0.3) is 5.91 Å². The maximum absolute atomic E-state index is 12.4. The molecule has 8 nitrogen and oxygen atoms in total. The Morgan fingerprint density at radius 2 is 2.03 bits per heavy atom. The Morgan fingerprint density at radius 3 is 2.78 bits per heavy atom. The van der Waals surface area contributed by atoms with Crippen molar-refractivity contribution in [3.63, 3.8) is 0 Å². The van der Waals surface area contributed by atoms with Crippen molar-refractivity contribution in [2.45, 2.75) is 18.8 Å². The standard InChI is InChI=1S/C28H30N6O2S/c1-29-28(35)23-10-11-30-27-21(4-3-5-22(23)27)20(16-37-2)14-31-25-12-24(33-17-34-25)19-8-9-26(32-13-19)36-15-18-6-7-18/h3-5,8-13,17-18,20H,6-7,14-16H2,1-2H3,(H,29,35)(H,31,33,34). The first-order valence-electron chi connectivity index (χ1n) is 12.4. The highest BCUT2D eigenvalue weighted by Crippen LogP contribution is 2.30. The number of thioether (sulfide) groups is 1. The average molecular weight is 515 g/mol. The van der Waals surface area contributed by atoms with E-state index >= 15 is 0 Å². The number of nitrogens with one attached hydrogen (secondary N) is 2. The van der Waals surface area contributed by atoms with Crippen molar-refractivity contribution in [2.75, 3.05) is 37.5 Å². The summed E-state index contributed by atoms with van der Waals surface area (Å²) in [5.74, 6) is 3.01. The summed E-state index contributed by atoms with van der Waals surface area (Å²) >= 11 is 1.77. The van der Waals surface area contributed by atoms with Gasteiger partial charge < -0.3 is 15.4 Å². The van der Waals surface area contributed by atoms with Crippen LogP contribution in [0, 0.1) is 5.92 Å². The first-order valence-corrected chi connectivity index (χ1v) is 13.8. The molecule has 37 heavy (non-hydrogen) atoms. The minimum Gasteiger partial charge on any atom is -0.477 e. The number of para-hydroxylation sites is 1. The van der Waals surface area contributed by atoms with E-state index in [1.54, 1.807) is 43.6 Å². The second kappa shape index (κ2) is 11.6. The number of benzene rings is 1. The lowest BCUT2D eigenvalue weighted by molar-refractivity contribution is 0.0964. The molecule has 0 bridgehead atoms. The van der Waals surface area contributed by atoms with Crippen LogP contribution < -0.4 is 15.4 Å². The zero-order valence-electron chi connectivity index (χ0n) is 21.0. The predicted molar refractivity (Wildman–Crippen MR) is 148 cm³/mol. The molecule has 1 unspecified atom stereocenters. The van der Waals surface area contributed by atoms with Crippen molar-refractivity contribution in [3.8, 4) is 17.1 Å². The minimum atomic E-state index is -0.116. The van der Waals surface area contributed by atoms with Crippen LogP contribution in [0.25, 0.3) is 22.2 Å². The largest absolute Gasteiger partial charge is 0.477 e. The number of rotatable bonds is 11. The van der Waals surface area contributed by atoms with E-state index in [9.17, 15) is 4.79 Å². The lowest BCUT2D eigenvalue weighted by Gasteiger charge is -2.19. The summed E-state index contributed by atoms with van der Waals surface area (Å²) in [5, 5.41) is 7.06. The lowest BCUT2D eigenvalue weighted by atomic mass is 9.95. The lowest BCUT2D eigenvalue weighted by Crippen LogP contribution is -2.19. The molecule has 3 aromatic heterocycles. The number of hydrogen-bond acceptors (Lipinski definition) is 8. The summed E-state index contributed by atoms with van der Waals surface area (Å²) in [4.78, 5) is 30.3. The van der Waals surface area contributed by atoms with E-state index in [1.165, 1.54) is 12.8 Å². The second-order valence-electron chi connectivity index (χ2n) is 9.14. The molecular weight excluding hydrogens is 484 g/mol. The number of hydrogen-bond donors (Lipinski definition) is 2. The average Bonchev–Trinajstić information content (AvgIpc) is 3.78. The van der Waals surface area contributed by atoms with Crippen LogP contribution in [0.3, 0.4) is 0 Å². The predicted octanol–water partition coefficient (Wildman–Crippen LogP) is 4.79. The van der Waals surface area contributed by atoms with Gasteiger partial charge in [-0.2, -0.15) is 11.8 Å². The molecule has 1 amide bonds. The summed E-state index contributed by atoms with van der Waals surface area (Å²) in [7, 11) is 1.64. The number of ether oxygens (including phenoxy) is 1. The zero-order chi connectivity index (χ0) is 25.6. The monoisotopic (exact) mass is 514 g/mol. The summed E-state index contributed by atoms with van der Waals surface area (Å²) in [6.07, 6.45) is 9.65. The Labute approximate surface area is 220 Å². The van der Waals surface area contributed by atoms with Crippen molar-refractivity contribution in [1.82, 2.24) is 25.3 Å². The third-order valence-corrected chi connectivity index (χ3v) is 7.21. The van der Waals surface area contributed by atoms with Gasteiger partial charge in [-0.25, -0.2) is 15.0 Å². The van der Waals surface area contributed by atoms with Gasteiger partial charge in [-0.1, -0.05) is 18.2 Å². The van der Waals surface area contributed by atoms with Crippen LogP contribution in [0.2, 0.25) is 0 Å². The quantitative estimate of drug-likeness (QED) is 0.294. The first-order chi connectivity index (χ1) is 18.2. The Hall–Kier alpha value is -3.72. The van der Waals surface area contributed by atoms with Crippen molar-refractivity contribution in [2.24, 2.45) is 5.92 Å². The molecule has 2 N–H and O–H groups in total. The van der Waals surface area contributed by atoms with Crippen LogP contribution in [0.15, 0.2) is 61.2 Å². The van der Waals surface area contributed by atoms with E-state index < -0.39 is 0 Å². The molecule has 1 aliphatic rings. The topological polar surface area (TPSA) is 102 Å². The number of pyridine rings is 2. The van der Waals surface area contributed by atoms with Crippen LogP contribution in [-0.2, 0) is 0 Å². The van der Waals surface area contributed by atoms with Gasteiger partial charge in [0.1, 0.15) is 12.1 Å². The van der Waals surface area contributed by atoms with Gasteiger partial charge in [0.2, 0.25) is 5.88 Å². The molecule has 3 heterocycles. The van der Waals surface area contributed by atoms with Crippen LogP contribution in [-0.4, -0.2) is 58.1 Å². The van der Waals surface area contributed by atoms with E-state index in [0.29, 0.717) is 23.9 Å². The number of aromatic nitrogens is 4. The molecule has 0 spiro atoms. The highest BCUT2D eigenvalue weighted by atomic mass is 32.2. The van der Waals surface area contributed by atoms with Crippen LogP contribution in [0.4, 0.5) is 5.82 Å². The second-order valence-corrected chi connectivity index (χ2v) is 10.1. The molecule has 1 saturated carbocycles. The number of fused-ring (bicyclic) bond motifs is 1. The van der Waals surface area contributed by atoms with Crippen LogP contribution in [0.1, 0.15) is 34.7 Å². The number of amides is 1. The number of carbonyl (C=O) groups is 1. The molecular formula is C28H30N6O2S. The molecule has 5 rings (SSSR count). The van der Waals surface area contributed by atoms with E-state index in [1.807, 2.05) is 30.3 Å². The molecule has 190 valence electrons. The van der Waals surface area contributed by atoms with Gasteiger partial charge in [-0.3, -0.25) is 9.78 Å². The molecule has 1 aliphatic carbocycles. The zero-order valence-corrected chi connectivity index (χ0v) is 21.8. The maximum atomic E-state index is 12.4. The first kappa shape index (κ1) is 25.0. The molecule has 1 aromatic carbocycles. The van der Waals surface area contributed by atoms with E-state index in [0.717, 1.165) is 45.9 Å². The third kappa shape index (κ3) is 5.99. The Bertz CT molecular complexity index is 1380. The summed E-state index contributed by atoms with van der Waals surface area (Å²) < 4.78 is 5.75. The smallest absolute Gasteiger partial charge is 0.251 e. The summed E-state index contributed by atoms with van der Waals surface area (Å²) in [6, 6.07) is 13.6. The minimum absolute atomic E-state index is 0.116. The highest BCUT2D eigenvalue weighted by Gasteiger charge is 2.22. The van der Waals surface area contributed by atoms with Crippen LogP contribution >= 0.6 is 11.8 Å². The Balaban J connectivity index is 1.32. The fraction of sp³-hybridized carbons (Fsp3) is 0.321. The molecule has 0 aliphatic heterocycles. The fourth-order valence-corrected chi connectivity index (χ4v) is 4.97. The third-order valence-electron chi connectivity index (χ3n) is 6.47.